The molecule has 0 fully saturated rings. The van der Waals surface area contributed by atoms with Crippen molar-refractivity contribution in [2.45, 2.75) is 30.6 Å². The van der Waals surface area contributed by atoms with Gasteiger partial charge in [-0.05, 0) is 86.5 Å². The maximum absolute atomic E-state index is 13.7. The predicted octanol–water partition coefficient (Wildman–Crippen LogP) is 5.91. The first-order valence-electron chi connectivity index (χ1n) is 12.7. The Hall–Kier alpha value is -4.06. The van der Waals surface area contributed by atoms with Crippen LogP contribution in [0, 0.1) is 20.8 Å². The van der Waals surface area contributed by atoms with E-state index in [0.717, 1.165) is 21.0 Å². The highest BCUT2D eigenvalue weighted by atomic mass is 35.5. The molecule has 220 valence electrons. The number of halogens is 1. The highest BCUT2D eigenvalue weighted by Gasteiger charge is 2.30. The molecule has 0 aliphatic heterocycles. The number of carbonyl (C=O) groups excluding carboxylic acids is 1. The summed E-state index contributed by atoms with van der Waals surface area (Å²) in [4.78, 5) is 13.2. The summed E-state index contributed by atoms with van der Waals surface area (Å²) in [6, 6.07) is 21.7. The van der Waals surface area contributed by atoms with Crippen LogP contribution in [0.2, 0.25) is 5.02 Å². The lowest BCUT2D eigenvalue weighted by Crippen LogP contribution is -2.38. The van der Waals surface area contributed by atoms with Crippen LogP contribution >= 0.6 is 11.6 Å². The Morgan fingerprint density at radius 2 is 1.43 bits per heavy atom. The molecule has 0 unspecified atom stereocenters. The molecule has 2 N–H and O–H groups in total. The van der Waals surface area contributed by atoms with Crippen molar-refractivity contribution in [1.29, 1.82) is 0 Å². The second kappa shape index (κ2) is 12.4. The van der Waals surface area contributed by atoms with Crippen LogP contribution < -0.4 is 19.1 Å². The van der Waals surface area contributed by atoms with Crippen LogP contribution in [-0.2, 0) is 24.8 Å². The van der Waals surface area contributed by atoms with Gasteiger partial charge in [-0.2, -0.15) is 0 Å². The van der Waals surface area contributed by atoms with E-state index in [1.165, 1.54) is 55.6 Å². The molecule has 0 bridgehead atoms. The lowest BCUT2D eigenvalue weighted by molar-refractivity contribution is -0.114. The minimum atomic E-state index is -4.22. The van der Waals surface area contributed by atoms with E-state index in [9.17, 15) is 21.6 Å². The number of carbonyl (C=O) groups is 1. The number of para-hydroxylation sites is 1. The molecule has 0 aromatic heterocycles. The minimum Gasteiger partial charge on any atom is -0.495 e. The SMILES string of the molecule is COc1ccc(Cl)cc1N(CC(=O)Nc1ccc(S(=O)(=O)Nc2c(C)cccc2C)cc1)S(=O)(=O)c1ccc(C)cc1. The van der Waals surface area contributed by atoms with Gasteiger partial charge in [-0.3, -0.25) is 13.8 Å². The van der Waals surface area contributed by atoms with Crippen LogP contribution in [0.4, 0.5) is 17.1 Å². The first kappa shape index (κ1) is 30.9. The molecule has 42 heavy (non-hydrogen) atoms. The molecule has 0 saturated heterocycles. The summed E-state index contributed by atoms with van der Waals surface area (Å²) in [6.07, 6.45) is 0. The normalized spacial score (nSPS) is 11.5. The fraction of sp³-hybridized carbons (Fsp3) is 0.167. The smallest absolute Gasteiger partial charge is 0.264 e. The van der Waals surface area contributed by atoms with E-state index in [1.807, 2.05) is 39.0 Å². The number of hydrogen-bond donors (Lipinski definition) is 2. The number of amides is 1. The summed E-state index contributed by atoms with van der Waals surface area (Å²) in [5.74, 6) is -0.467. The molecular formula is C30H30ClN3O6S2. The zero-order valence-electron chi connectivity index (χ0n) is 23.4. The Balaban J connectivity index is 1.59. The first-order chi connectivity index (χ1) is 19.8. The molecule has 4 aromatic carbocycles. The van der Waals surface area contributed by atoms with Gasteiger partial charge in [0.25, 0.3) is 20.0 Å². The van der Waals surface area contributed by atoms with Gasteiger partial charge in [0.15, 0.2) is 0 Å². The van der Waals surface area contributed by atoms with Crippen LogP contribution in [0.3, 0.4) is 0 Å². The number of ether oxygens (including phenoxy) is 1. The number of sulfonamides is 2. The number of nitrogens with one attached hydrogen (secondary N) is 2. The van der Waals surface area contributed by atoms with Gasteiger partial charge < -0.3 is 10.1 Å². The molecule has 0 spiro atoms. The summed E-state index contributed by atoms with van der Waals surface area (Å²) in [5, 5.41) is 2.89. The van der Waals surface area contributed by atoms with Crippen LogP contribution in [-0.4, -0.2) is 36.4 Å². The Kier molecular flexibility index (Phi) is 9.15. The Morgan fingerprint density at radius 1 is 0.833 bits per heavy atom. The highest BCUT2D eigenvalue weighted by molar-refractivity contribution is 7.93. The number of methoxy groups -OCH3 is 1. The number of nitrogens with zero attached hydrogens (tertiary/aromatic N) is 1. The maximum Gasteiger partial charge on any atom is 0.264 e. The zero-order valence-corrected chi connectivity index (χ0v) is 25.8. The Labute approximate surface area is 251 Å². The van der Waals surface area contributed by atoms with E-state index in [-0.39, 0.29) is 31.9 Å². The van der Waals surface area contributed by atoms with Crippen molar-refractivity contribution < 1.29 is 26.4 Å². The Morgan fingerprint density at radius 3 is 2.02 bits per heavy atom. The van der Waals surface area contributed by atoms with Crippen molar-refractivity contribution in [2.75, 3.05) is 28.0 Å². The molecule has 0 heterocycles. The van der Waals surface area contributed by atoms with E-state index in [2.05, 4.69) is 10.0 Å². The molecule has 0 aliphatic rings. The molecule has 1 amide bonds. The number of hydrogen-bond acceptors (Lipinski definition) is 6. The second-order valence-corrected chi connectivity index (χ2v) is 13.6. The summed E-state index contributed by atoms with van der Waals surface area (Å²) in [6.45, 7) is 4.84. The number of benzene rings is 4. The average molecular weight is 628 g/mol. The van der Waals surface area contributed by atoms with Crippen molar-refractivity contribution in [2.24, 2.45) is 0 Å². The van der Waals surface area contributed by atoms with Crippen LogP contribution in [0.25, 0.3) is 0 Å². The fourth-order valence-electron chi connectivity index (χ4n) is 4.21. The summed E-state index contributed by atoms with van der Waals surface area (Å²) in [5.41, 5.74) is 3.29. The Bertz CT molecular complexity index is 1810. The van der Waals surface area contributed by atoms with E-state index in [1.54, 1.807) is 18.2 Å². The number of anilines is 3. The van der Waals surface area contributed by atoms with Gasteiger partial charge in [-0.15, -0.1) is 0 Å². The summed E-state index contributed by atoms with van der Waals surface area (Å²) < 4.78 is 62.4. The van der Waals surface area contributed by atoms with E-state index in [0.29, 0.717) is 5.69 Å². The lowest BCUT2D eigenvalue weighted by atomic mass is 10.1. The van der Waals surface area contributed by atoms with Crippen LogP contribution in [0.15, 0.2) is 94.7 Å². The van der Waals surface area contributed by atoms with Crippen LogP contribution in [0.1, 0.15) is 16.7 Å². The predicted molar refractivity (Wildman–Crippen MR) is 166 cm³/mol. The van der Waals surface area contributed by atoms with Gasteiger partial charge in [-0.25, -0.2) is 16.8 Å². The van der Waals surface area contributed by atoms with Crippen molar-refractivity contribution in [3.05, 3.63) is 107 Å². The maximum atomic E-state index is 13.7. The topological polar surface area (TPSA) is 122 Å². The van der Waals surface area contributed by atoms with E-state index in [4.69, 9.17) is 16.3 Å². The molecule has 0 saturated carbocycles. The van der Waals surface area contributed by atoms with Gasteiger partial charge in [0.1, 0.15) is 12.3 Å². The van der Waals surface area contributed by atoms with Gasteiger partial charge in [0.2, 0.25) is 5.91 Å². The minimum absolute atomic E-state index is 0.00427. The van der Waals surface area contributed by atoms with Gasteiger partial charge in [-0.1, -0.05) is 47.5 Å². The quantitative estimate of drug-likeness (QED) is 0.225. The van der Waals surface area contributed by atoms with E-state index >= 15 is 0 Å². The second-order valence-electron chi connectivity index (χ2n) is 9.59. The van der Waals surface area contributed by atoms with Crippen molar-refractivity contribution in [3.8, 4) is 5.75 Å². The third kappa shape index (κ3) is 6.87. The van der Waals surface area contributed by atoms with Gasteiger partial charge >= 0.3 is 0 Å². The summed E-state index contributed by atoms with van der Waals surface area (Å²) in [7, 11) is -6.74. The molecular weight excluding hydrogens is 598 g/mol. The van der Waals surface area contributed by atoms with Crippen LogP contribution in [0.5, 0.6) is 5.75 Å². The molecule has 9 nitrogen and oxygen atoms in total. The highest BCUT2D eigenvalue weighted by Crippen LogP contribution is 2.35. The third-order valence-corrected chi connectivity index (χ3v) is 9.85. The largest absolute Gasteiger partial charge is 0.495 e. The lowest BCUT2D eigenvalue weighted by Gasteiger charge is -2.26. The molecule has 0 radical (unpaired) electrons. The monoisotopic (exact) mass is 627 g/mol. The van der Waals surface area contributed by atoms with Crippen molar-refractivity contribution in [1.82, 2.24) is 0 Å². The standard InChI is InChI=1S/C30H30ClN3O6S2/c1-20-8-13-26(14-9-20)42(38,39)34(27-18-23(31)10-17-28(27)40-4)19-29(35)32-24-11-15-25(16-12-24)41(36,37)33-30-21(2)6-5-7-22(30)3/h5-18,33H,19H2,1-4H3,(H,32,35). The van der Waals surface area contributed by atoms with E-state index < -0.39 is 32.5 Å². The third-order valence-electron chi connectivity index (χ3n) is 6.47. The molecule has 4 rings (SSSR count). The molecule has 12 heteroatoms. The zero-order chi connectivity index (χ0) is 30.7. The molecule has 0 atom stereocenters. The van der Waals surface area contributed by atoms with Gasteiger partial charge in [0, 0.05) is 10.7 Å². The average Bonchev–Trinajstić information content (AvgIpc) is 2.94. The van der Waals surface area contributed by atoms with Crippen molar-refractivity contribution >= 4 is 54.6 Å². The first-order valence-corrected chi connectivity index (χ1v) is 16.0. The fourth-order valence-corrected chi connectivity index (χ4v) is 7.00. The summed E-state index contributed by atoms with van der Waals surface area (Å²) >= 11 is 6.19. The molecule has 4 aromatic rings. The molecule has 0 aliphatic carbocycles. The van der Waals surface area contributed by atoms with Gasteiger partial charge in [0.05, 0.1) is 28.3 Å². The number of rotatable bonds is 10. The van der Waals surface area contributed by atoms with Crippen molar-refractivity contribution in [3.63, 3.8) is 0 Å². The number of aryl methyl sites for hydroxylation is 3.